The summed E-state index contributed by atoms with van der Waals surface area (Å²) in [6.45, 7) is 6.61. The zero-order valence-electron chi connectivity index (χ0n) is 9.24. The minimum absolute atomic E-state index is 0.0184. The smallest absolute Gasteiger partial charge is 0.249 e. The Labute approximate surface area is 89.3 Å². The first-order valence-corrected chi connectivity index (χ1v) is 5.11. The van der Waals surface area contributed by atoms with Crippen LogP contribution in [0.2, 0.25) is 0 Å². The minimum Gasteiger partial charge on any atom is -0.341 e. The van der Waals surface area contributed by atoms with Crippen LogP contribution < -0.4 is 10.2 Å². The molecule has 1 aromatic heterocycles. The number of hydrogen-bond donors (Lipinski definition) is 1. The Hall–Kier alpha value is -1.58. The number of carbonyl (C=O) groups is 1. The highest BCUT2D eigenvalue weighted by atomic mass is 16.2. The van der Waals surface area contributed by atoms with Crippen molar-refractivity contribution in [2.75, 3.05) is 16.8 Å². The van der Waals surface area contributed by atoms with Crippen LogP contribution in [0.15, 0.2) is 18.3 Å². The summed E-state index contributed by atoms with van der Waals surface area (Å²) in [6.07, 6.45) is 1.75. The topological polar surface area (TPSA) is 45.2 Å². The SMILES string of the molecule is CCN1c2ncccc2NC(=O)C1(C)C. The van der Waals surface area contributed by atoms with Gasteiger partial charge >= 0.3 is 0 Å². The van der Waals surface area contributed by atoms with Gasteiger partial charge in [-0.15, -0.1) is 0 Å². The Morgan fingerprint density at radius 1 is 1.53 bits per heavy atom. The zero-order chi connectivity index (χ0) is 11.1. The first-order valence-electron chi connectivity index (χ1n) is 5.11. The van der Waals surface area contributed by atoms with Crippen LogP contribution in [-0.2, 0) is 4.79 Å². The van der Waals surface area contributed by atoms with Crippen molar-refractivity contribution in [3.8, 4) is 0 Å². The van der Waals surface area contributed by atoms with Gasteiger partial charge in [0.1, 0.15) is 5.54 Å². The highest BCUT2D eigenvalue weighted by Gasteiger charge is 2.39. The largest absolute Gasteiger partial charge is 0.341 e. The number of anilines is 2. The second kappa shape index (κ2) is 3.22. The van der Waals surface area contributed by atoms with E-state index in [1.54, 1.807) is 6.20 Å². The van der Waals surface area contributed by atoms with Crippen molar-refractivity contribution < 1.29 is 4.79 Å². The van der Waals surface area contributed by atoms with Gasteiger partial charge in [-0.3, -0.25) is 4.79 Å². The minimum atomic E-state index is -0.532. The fourth-order valence-electron chi connectivity index (χ4n) is 1.92. The molecule has 0 spiro atoms. The molecular weight excluding hydrogens is 190 g/mol. The van der Waals surface area contributed by atoms with Crippen LogP contribution in [0, 0.1) is 0 Å². The lowest BCUT2D eigenvalue weighted by atomic mass is 9.98. The van der Waals surface area contributed by atoms with Crippen molar-refractivity contribution in [2.45, 2.75) is 26.3 Å². The van der Waals surface area contributed by atoms with Crippen molar-refractivity contribution in [1.29, 1.82) is 0 Å². The molecule has 0 saturated carbocycles. The molecular formula is C11H15N3O. The maximum atomic E-state index is 11.9. The molecule has 2 rings (SSSR count). The molecule has 4 nitrogen and oxygen atoms in total. The molecule has 1 aliphatic heterocycles. The predicted molar refractivity (Wildman–Crippen MR) is 60.0 cm³/mol. The molecule has 0 unspecified atom stereocenters. The second-order valence-electron chi connectivity index (χ2n) is 4.13. The predicted octanol–water partition coefficient (Wildman–Crippen LogP) is 1.64. The molecule has 0 atom stereocenters. The van der Waals surface area contributed by atoms with Gasteiger partial charge in [-0.1, -0.05) is 0 Å². The van der Waals surface area contributed by atoms with Crippen molar-refractivity contribution in [1.82, 2.24) is 4.98 Å². The third-order valence-electron chi connectivity index (χ3n) is 2.84. The molecule has 0 radical (unpaired) electrons. The summed E-state index contributed by atoms with van der Waals surface area (Å²) in [7, 11) is 0. The average Bonchev–Trinajstić information content (AvgIpc) is 2.20. The highest BCUT2D eigenvalue weighted by Crippen LogP contribution is 2.34. The highest BCUT2D eigenvalue weighted by molar-refractivity contribution is 6.05. The molecule has 15 heavy (non-hydrogen) atoms. The first-order chi connectivity index (χ1) is 7.07. The Balaban J connectivity index is 2.55. The summed E-state index contributed by atoms with van der Waals surface area (Å²) in [6, 6.07) is 3.70. The Morgan fingerprint density at radius 3 is 2.93 bits per heavy atom. The van der Waals surface area contributed by atoms with Crippen LogP contribution in [0.3, 0.4) is 0 Å². The van der Waals surface area contributed by atoms with Crippen LogP contribution in [0.4, 0.5) is 11.5 Å². The average molecular weight is 205 g/mol. The van der Waals surface area contributed by atoms with E-state index in [9.17, 15) is 4.79 Å². The second-order valence-corrected chi connectivity index (χ2v) is 4.13. The number of nitrogens with zero attached hydrogens (tertiary/aromatic N) is 2. The Bertz CT molecular complexity index is 401. The molecule has 1 N–H and O–H groups in total. The van der Waals surface area contributed by atoms with E-state index in [-0.39, 0.29) is 5.91 Å². The van der Waals surface area contributed by atoms with E-state index in [1.165, 1.54) is 0 Å². The third-order valence-corrected chi connectivity index (χ3v) is 2.84. The summed E-state index contributed by atoms with van der Waals surface area (Å²) in [4.78, 5) is 18.2. The van der Waals surface area contributed by atoms with Crippen LogP contribution in [0.1, 0.15) is 20.8 Å². The molecule has 0 fully saturated rings. The van der Waals surface area contributed by atoms with E-state index in [4.69, 9.17) is 0 Å². The standard InChI is InChI=1S/C11H15N3O/c1-4-14-9-8(6-5-7-12-9)13-10(15)11(14,2)3/h5-7H,4H2,1-3H3,(H,13,15). The normalized spacial score (nSPS) is 18.3. The van der Waals surface area contributed by atoms with Crippen molar-refractivity contribution >= 4 is 17.4 Å². The number of aromatic nitrogens is 1. The number of nitrogens with one attached hydrogen (secondary N) is 1. The van der Waals surface area contributed by atoms with Gasteiger partial charge in [0.05, 0.1) is 5.69 Å². The summed E-state index contributed by atoms with van der Waals surface area (Å²) < 4.78 is 0. The summed E-state index contributed by atoms with van der Waals surface area (Å²) in [5.41, 5.74) is 0.263. The van der Waals surface area contributed by atoms with Crippen molar-refractivity contribution in [3.63, 3.8) is 0 Å². The summed E-state index contributed by atoms with van der Waals surface area (Å²) in [5.74, 6) is 0.870. The molecule has 4 heteroatoms. The molecule has 2 heterocycles. The third kappa shape index (κ3) is 1.37. The summed E-state index contributed by atoms with van der Waals surface area (Å²) >= 11 is 0. The quantitative estimate of drug-likeness (QED) is 0.758. The van der Waals surface area contributed by atoms with Crippen LogP contribution in [0.25, 0.3) is 0 Å². The van der Waals surface area contributed by atoms with Crippen LogP contribution in [0.5, 0.6) is 0 Å². The fourth-order valence-corrected chi connectivity index (χ4v) is 1.92. The molecule has 0 aromatic carbocycles. The number of hydrogen-bond acceptors (Lipinski definition) is 3. The van der Waals surface area contributed by atoms with Crippen molar-refractivity contribution in [3.05, 3.63) is 18.3 Å². The van der Waals surface area contributed by atoms with Crippen LogP contribution >= 0.6 is 0 Å². The van der Waals surface area contributed by atoms with E-state index in [0.29, 0.717) is 0 Å². The number of rotatable bonds is 1. The lowest BCUT2D eigenvalue weighted by molar-refractivity contribution is -0.120. The maximum Gasteiger partial charge on any atom is 0.249 e. The van der Waals surface area contributed by atoms with E-state index < -0.39 is 5.54 Å². The lowest BCUT2D eigenvalue weighted by Gasteiger charge is -2.42. The van der Waals surface area contributed by atoms with Gasteiger partial charge in [0.15, 0.2) is 5.82 Å². The van der Waals surface area contributed by atoms with Gasteiger partial charge < -0.3 is 10.2 Å². The van der Waals surface area contributed by atoms with E-state index in [1.807, 2.05) is 37.8 Å². The number of fused-ring (bicyclic) bond motifs is 1. The van der Waals surface area contributed by atoms with Gasteiger partial charge in [-0.05, 0) is 32.9 Å². The van der Waals surface area contributed by atoms with E-state index in [2.05, 4.69) is 10.3 Å². The maximum absolute atomic E-state index is 11.9. The van der Waals surface area contributed by atoms with Gasteiger partial charge in [-0.2, -0.15) is 0 Å². The molecule has 0 aliphatic carbocycles. The number of carbonyl (C=O) groups excluding carboxylic acids is 1. The molecule has 0 bridgehead atoms. The molecule has 80 valence electrons. The number of pyridine rings is 1. The van der Waals surface area contributed by atoms with Gasteiger partial charge in [0.2, 0.25) is 5.91 Å². The first kappa shape index (κ1) is 9.96. The monoisotopic (exact) mass is 205 g/mol. The number of likely N-dealkylation sites (N-methyl/N-ethyl adjacent to an activating group) is 1. The van der Waals surface area contributed by atoms with Gasteiger partial charge in [0.25, 0.3) is 0 Å². The Morgan fingerprint density at radius 2 is 2.27 bits per heavy atom. The van der Waals surface area contributed by atoms with Crippen molar-refractivity contribution in [2.24, 2.45) is 0 Å². The Kier molecular flexibility index (Phi) is 2.14. The summed E-state index contributed by atoms with van der Waals surface area (Å²) in [5, 5.41) is 2.87. The van der Waals surface area contributed by atoms with E-state index in [0.717, 1.165) is 18.1 Å². The molecule has 1 amide bonds. The van der Waals surface area contributed by atoms with Gasteiger partial charge in [0, 0.05) is 12.7 Å². The zero-order valence-corrected chi connectivity index (χ0v) is 9.24. The molecule has 0 saturated heterocycles. The number of amides is 1. The van der Waals surface area contributed by atoms with Gasteiger partial charge in [-0.25, -0.2) is 4.98 Å². The molecule has 1 aromatic rings. The lowest BCUT2D eigenvalue weighted by Crippen LogP contribution is -2.56. The van der Waals surface area contributed by atoms with E-state index >= 15 is 0 Å². The fraction of sp³-hybridized carbons (Fsp3) is 0.455. The molecule has 1 aliphatic rings. The van der Waals surface area contributed by atoms with Crippen LogP contribution in [-0.4, -0.2) is 23.0 Å².